The number of halogens is 1. The summed E-state index contributed by atoms with van der Waals surface area (Å²) >= 11 is 6.10. The maximum atomic E-state index is 6.10. The normalized spacial score (nSPS) is 25.6. The molecule has 3 heteroatoms. The monoisotopic (exact) mass is 210 g/mol. The molecule has 14 heavy (non-hydrogen) atoms. The van der Waals surface area contributed by atoms with E-state index in [2.05, 4.69) is 11.4 Å². The first-order valence-corrected chi connectivity index (χ1v) is 5.31. The van der Waals surface area contributed by atoms with Gasteiger partial charge in [0, 0.05) is 12.1 Å². The zero-order valence-corrected chi connectivity index (χ0v) is 9.01. The highest BCUT2D eigenvalue weighted by Crippen LogP contribution is 2.28. The summed E-state index contributed by atoms with van der Waals surface area (Å²) in [6, 6.07) is 6.94. The van der Waals surface area contributed by atoms with Crippen LogP contribution < -0.4 is 11.1 Å². The number of nitrogens with one attached hydrogen (secondary N) is 1. The Hall–Kier alpha value is -0.730. The van der Waals surface area contributed by atoms with Crippen LogP contribution in [-0.4, -0.2) is 12.1 Å². The first kappa shape index (κ1) is 9.81. The van der Waals surface area contributed by atoms with Gasteiger partial charge in [-0.25, -0.2) is 0 Å². The van der Waals surface area contributed by atoms with Crippen molar-refractivity contribution < 1.29 is 0 Å². The molecule has 0 aliphatic heterocycles. The highest BCUT2D eigenvalue weighted by Gasteiger charge is 2.25. The second-order valence-electron chi connectivity index (χ2n) is 4.06. The van der Waals surface area contributed by atoms with Crippen LogP contribution in [-0.2, 0) is 0 Å². The first-order valence-electron chi connectivity index (χ1n) is 4.93. The van der Waals surface area contributed by atoms with Crippen molar-refractivity contribution >= 4 is 17.3 Å². The van der Waals surface area contributed by atoms with E-state index in [9.17, 15) is 0 Å². The summed E-state index contributed by atoms with van der Waals surface area (Å²) < 4.78 is 0. The molecule has 1 aromatic carbocycles. The number of hydrogen-bond acceptors (Lipinski definition) is 2. The summed E-state index contributed by atoms with van der Waals surface area (Å²) in [6.45, 7) is 2.04. The van der Waals surface area contributed by atoms with E-state index in [0.29, 0.717) is 12.1 Å². The quantitative estimate of drug-likeness (QED) is 0.788. The van der Waals surface area contributed by atoms with Gasteiger partial charge in [-0.15, -0.1) is 0 Å². The maximum Gasteiger partial charge on any atom is 0.0640 e. The van der Waals surface area contributed by atoms with Gasteiger partial charge in [0.2, 0.25) is 0 Å². The Morgan fingerprint density at radius 3 is 2.71 bits per heavy atom. The molecule has 0 unspecified atom stereocenters. The minimum absolute atomic E-state index is 0.372. The van der Waals surface area contributed by atoms with Gasteiger partial charge < -0.3 is 11.1 Å². The number of aryl methyl sites for hydroxylation is 1. The van der Waals surface area contributed by atoms with Gasteiger partial charge in [-0.1, -0.05) is 17.7 Å². The standard InChI is InChI=1S/C11H15ClN2/c1-7-2-3-11(10(12)4-7)14-9-5-8(13)6-9/h2-4,8-9,14H,5-6,13H2,1H3. The van der Waals surface area contributed by atoms with Gasteiger partial charge in [-0.05, 0) is 37.5 Å². The summed E-state index contributed by atoms with van der Waals surface area (Å²) in [6.07, 6.45) is 2.09. The Morgan fingerprint density at radius 2 is 2.14 bits per heavy atom. The molecule has 0 aromatic heterocycles. The lowest BCUT2D eigenvalue weighted by Gasteiger charge is -2.34. The van der Waals surface area contributed by atoms with Crippen LogP contribution >= 0.6 is 11.6 Å². The van der Waals surface area contributed by atoms with Crippen molar-refractivity contribution in [2.75, 3.05) is 5.32 Å². The number of rotatable bonds is 2. The van der Waals surface area contributed by atoms with Crippen molar-refractivity contribution in [2.24, 2.45) is 5.73 Å². The number of nitrogens with two attached hydrogens (primary N) is 1. The highest BCUT2D eigenvalue weighted by molar-refractivity contribution is 6.33. The Morgan fingerprint density at radius 1 is 1.43 bits per heavy atom. The Labute approximate surface area is 89.4 Å². The van der Waals surface area contributed by atoms with E-state index in [0.717, 1.165) is 23.6 Å². The molecular weight excluding hydrogens is 196 g/mol. The van der Waals surface area contributed by atoms with Gasteiger partial charge in [-0.2, -0.15) is 0 Å². The Bertz CT molecular complexity index is 332. The van der Waals surface area contributed by atoms with Gasteiger partial charge in [0.1, 0.15) is 0 Å². The SMILES string of the molecule is Cc1ccc(NC2CC(N)C2)c(Cl)c1. The summed E-state index contributed by atoms with van der Waals surface area (Å²) in [7, 11) is 0. The molecule has 0 saturated heterocycles. The molecule has 2 rings (SSSR count). The number of anilines is 1. The van der Waals surface area contributed by atoms with Crippen LogP contribution in [0, 0.1) is 6.92 Å². The summed E-state index contributed by atoms with van der Waals surface area (Å²) in [5, 5.41) is 4.19. The van der Waals surface area contributed by atoms with E-state index in [1.165, 1.54) is 5.56 Å². The molecule has 3 N–H and O–H groups in total. The van der Waals surface area contributed by atoms with Crippen LogP contribution in [0.3, 0.4) is 0 Å². The fourth-order valence-electron chi connectivity index (χ4n) is 1.74. The van der Waals surface area contributed by atoms with Gasteiger partial charge in [0.15, 0.2) is 0 Å². The zero-order chi connectivity index (χ0) is 10.1. The van der Waals surface area contributed by atoms with Gasteiger partial charge >= 0.3 is 0 Å². The Kier molecular flexibility index (Phi) is 2.66. The molecule has 1 fully saturated rings. The lowest BCUT2D eigenvalue weighted by Crippen LogP contribution is -2.44. The molecule has 1 aliphatic carbocycles. The van der Waals surface area contributed by atoms with Crippen LogP contribution in [0.5, 0.6) is 0 Å². The van der Waals surface area contributed by atoms with Crippen LogP contribution in [0.1, 0.15) is 18.4 Å². The highest BCUT2D eigenvalue weighted by atomic mass is 35.5. The second kappa shape index (κ2) is 3.79. The van der Waals surface area contributed by atoms with Crippen LogP contribution in [0.2, 0.25) is 5.02 Å². The molecule has 76 valence electrons. The number of benzene rings is 1. The fourth-order valence-corrected chi connectivity index (χ4v) is 2.03. The van der Waals surface area contributed by atoms with Gasteiger partial charge in [0.05, 0.1) is 10.7 Å². The minimum Gasteiger partial charge on any atom is -0.381 e. The molecule has 0 atom stereocenters. The summed E-state index contributed by atoms with van der Waals surface area (Å²) in [5.41, 5.74) is 7.92. The van der Waals surface area contributed by atoms with E-state index in [-0.39, 0.29) is 0 Å². The molecule has 2 nitrogen and oxygen atoms in total. The van der Waals surface area contributed by atoms with E-state index in [1.54, 1.807) is 0 Å². The van der Waals surface area contributed by atoms with Crippen LogP contribution in [0.4, 0.5) is 5.69 Å². The third-order valence-corrected chi connectivity index (χ3v) is 2.97. The van der Waals surface area contributed by atoms with Crippen molar-refractivity contribution in [3.8, 4) is 0 Å². The predicted octanol–water partition coefficient (Wildman–Crippen LogP) is 2.55. The summed E-state index contributed by atoms with van der Waals surface area (Å²) in [4.78, 5) is 0. The molecule has 1 saturated carbocycles. The lowest BCUT2D eigenvalue weighted by molar-refractivity contribution is 0.374. The van der Waals surface area contributed by atoms with Crippen molar-refractivity contribution in [1.82, 2.24) is 0 Å². The topological polar surface area (TPSA) is 38.0 Å². The first-order chi connectivity index (χ1) is 6.65. The largest absolute Gasteiger partial charge is 0.381 e. The molecule has 1 aliphatic rings. The molecule has 0 spiro atoms. The Balaban J connectivity index is 2.02. The fraction of sp³-hybridized carbons (Fsp3) is 0.455. The van der Waals surface area contributed by atoms with Gasteiger partial charge in [0.25, 0.3) is 0 Å². The van der Waals surface area contributed by atoms with Crippen molar-refractivity contribution in [3.05, 3.63) is 28.8 Å². The van der Waals surface area contributed by atoms with Crippen molar-refractivity contribution in [1.29, 1.82) is 0 Å². The minimum atomic E-state index is 0.372. The maximum absolute atomic E-state index is 6.10. The van der Waals surface area contributed by atoms with Crippen LogP contribution in [0.25, 0.3) is 0 Å². The summed E-state index contributed by atoms with van der Waals surface area (Å²) in [5.74, 6) is 0. The average molecular weight is 211 g/mol. The average Bonchev–Trinajstić information content (AvgIpc) is 2.06. The van der Waals surface area contributed by atoms with E-state index in [4.69, 9.17) is 17.3 Å². The van der Waals surface area contributed by atoms with E-state index < -0.39 is 0 Å². The predicted molar refractivity (Wildman–Crippen MR) is 60.8 cm³/mol. The van der Waals surface area contributed by atoms with E-state index >= 15 is 0 Å². The molecule has 0 amide bonds. The third-order valence-electron chi connectivity index (χ3n) is 2.66. The van der Waals surface area contributed by atoms with Crippen molar-refractivity contribution in [3.63, 3.8) is 0 Å². The second-order valence-corrected chi connectivity index (χ2v) is 4.46. The van der Waals surface area contributed by atoms with E-state index in [1.807, 2.05) is 19.1 Å². The van der Waals surface area contributed by atoms with Crippen molar-refractivity contribution in [2.45, 2.75) is 31.8 Å². The molecule has 0 heterocycles. The van der Waals surface area contributed by atoms with Crippen LogP contribution in [0.15, 0.2) is 18.2 Å². The smallest absolute Gasteiger partial charge is 0.0640 e. The molecular formula is C11H15ClN2. The lowest BCUT2D eigenvalue weighted by atomic mass is 9.87. The number of hydrogen-bond donors (Lipinski definition) is 2. The molecule has 0 radical (unpaired) electrons. The zero-order valence-electron chi connectivity index (χ0n) is 8.26. The molecule has 0 bridgehead atoms. The molecule has 1 aromatic rings. The van der Waals surface area contributed by atoms with Gasteiger partial charge in [-0.3, -0.25) is 0 Å². The third kappa shape index (κ3) is 2.02.